The Kier molecular flexibility index (Phi) is 8.67. The second-order valence-electron chi connectivity index (χ2n) is 9.84. The van der Waals surface area contributed by atoms with E-state index < -0.39 is 89.5 Å². The third kappa shape index (κ3) is 5.08. The van der Waals surface area contributed by atoms with Crippen LogP contribution in [0.5, 0.6) is 0 Å². The van der Waals surface area contributed by atoms with Crippen molar-refractivity contribution in [3.63, 3.8) is 0 Å². The first-order valence-corrected chi connectivity index (χ1v) is 12.0. The zero-order chi connectivity index (χ0) is 35.7. The summed E-state index contributed by atoms with van der Waals surface area (Å²) < 4.78 is 234. The Labute approximate surface area is 243 Å². The summed E-state index contributed by atoms with van der Waals surface area (Å²) in [5.41, 5.74) is 4.48. The third-order valence-corrected chi connectivity index (χ3v) is 6.90. The van der Waals surface area contributed by atoms with Crippen LogP contribution in [0.4, 0.5) is 74.6 Å². The van der Waals surface area contributed by atoms with Gasteiger partial charge in [0.2, 0.25) is 5.88 Å². The van der Waals surface area contributed by atoms with Gasteiger partial charge in [0.25, 0.3) is 0 Å². The van der Waals surface area contributed by atoms with E-state index in [0.29, 0.717) is 6.20 Å². The lowest BCUT2D eigenvalue weighted by molar-refractivity contribution is -0.461. The number of alkyl halides is 17. The lowest BCUT2D eigenvalue weighted by atomic mass is 9.80. The maximum absolute atomic E-state index is 14.3. The Balaban J connectivity index is 1.93. The Bertz CT molecular complexity index is 1490. The second-order valence-corrected chi connectivity index (χ2v) is 9.84. The standard InChI is InChI=1S/C22H14F17N5O2/c23-15(24,16(25,26)17(27,28)18(29,30)19(31,32)20(33,34)21(35,36)22(37,38)39)4-5-44-7-9(42-43-44)12-8(6-40)14(41)46-11-3-1-2-10(45)13(11)12/h7,12H,1-5,41H2. The van der Waals surface area contributed by atoms with E-state index in [0.717, 1.165) is 0 Å². The predicted molar refractivity (Wildman–Crippen MR) is 112 cm³/mol. The number of halogens is 17. The molecular formula is C22H14F17N5O2. The van der Waals surface area contributed by atoms with Crippen LogP contribution >= 0.6 is 0 Å². The Morgan fingerprint density at radius 2 is 1.33 bits per heavy atom. The van der Waals surface area contributed by atoms with Crippen molar-refractivity contribution < 1.29 is 84.2 Å². The smallest absolute Gasteiger partial charge is 0.444 e. The first kappa shape index (κ1) is 36.7. The largest absolute Gasteiger partial charge is 0.460 e. The molecule has 0 radical (unpaired) electrons. The van der Waals surface area contributed by atoms with Gasteiger partial charge in [-0.1, -0.05) is 5.21 Å². The minimum atomic E-state index is -8.72. The molecule has 0 saturated carbocycles. The molecule has 0 fully saturated rings. The van der Waals surface area contributed by atoms with Crippen molar-refractivity contribution in [2.75, 3.05) is 0 Å². The summed E-state index contributed by atoms with van der Waals surface area (Å²) in [4.78, 5) is 12.5. The summed E-state index contributed by atoms with van der Waals surface area (Å²) in [6, 6.07) is 1.58. The van der Waals surface area contributed by atoms with E-state index >= 15 is 0 Å². The average Bonchev–Trinajstić information content (AvgIpc) is 3.39. The highest BCUT2D eigenvalue weighted by Crippen LogP contribution is 2.64. The zero-order valence-electron chi connectivity index (χ0n) is 21.8. The molecule has 2 heterocycles. The molecule has 7 nitrogen and oxygen atoms in total. The highest BCUT2D eigenvalue weighted by Gasteiger charge is 2.95. The first-order chi connectivity index (χ1) is 20.5. The minimum absolute atomic E-state index is 0.0305. The number of nitrogens with zero attached hydrogens (tertiary/aromatic N) is 4. The van der Waals surface area contributed by atoms with E-state index in [2.05, 4.69) is 10.3 Å². The summed E-state index contributed by atoms with van der Waals surface area (Å²) in [5.74, 6) is -59.8. The number of hydrogen-bond donors (Lipinski definition) is 1. The summed E-state index contributed by atoms with van der Waals surface area (Å²) in [6.45, 7) is -1.75. The van der Waals surface area contributed by atoms with Gasteiger partial charge in [-0.3, -0.25) is 9.48 Å². The SMILES string of the molecule is N#CC1=C(N)OC2=C(C(=O)CCC2)C1c1cn(CCC(F)(F)C(F)(F)C(F)(F)C(F)(F)C(F)(F)C(F)(F)C(F)(F)C(F)(F)F)nn1. The van der Waals surface area contributed by atoms with Crippen LogP contribution in [0.3, 0.4) is 0 Å². The predicted octanol–water partition coefficient (Wildman–Crippen LogP) is 6.49. The van der Waals surface area contributed by atoms with Gasteiger partial charge < -0.3 is 10.5 Å². The van der Waals surface area contributed by atoms with E-state index in [4.69, 9.17) is 10.5 Å². The van der Waals surface area contributed by atoms with Crippen LogP contribution in [-0.2, 0) is 16.1 Å². The van der Waals surface area contributed by atoms with E-state index in [1.807, 2.05) is 0 Å². The molecule has 1 aromatic heterocycles. The van der Waals surface area contributed by atoms with Crippen molar-refractivity contribution in [1.82, 2.24) is 15.0 Å². The fourth-order valence-corrected chi connectivity index (χ4v) is 4.32. The van der Waals surface area contributed by atoms with Crippen LogP contribution in [-0.4, -0.2) is 68.4 Å². The number of Topliss-reactive ketones (excluding diaryl/α,β-unsaturated/α-hetero) is 1. The van der Waals surface area contributed by atoms with E-state index in [1.165, 1.54) is 0 Å². The monoisotopic (exact) mass is 703 g/mol. The molecule has 1 aliphatic carbocycles. The highest BCUT2D eigenvalue weighted by molar-refractivity contribution is 5.99. The Morgan fingerprint density at radius 3 is 1.83 bits per heavy atom. The van der Waals surface area contributed by atoms with Gasteiger partial charge in [0.1, 0.15) is 17.4 Å². The Hall–Kier alpha value is -3.81. The number of rotatable bonds is 10. The summed E-state index contributed by atoms with van der Waals surface area (Å²) in [7, 11) is 0. The lowest BCUT2D eigenvalue weighted by Gasteiger charge is -2.42. The lowest BCUT2D eigenvalue weighted by Crippen LogP contribution is -2.74. The fourth-order valence-electron chi connectivity index (χ4n) is 4.32. The number of allylic oxidation sites excluding steroid dienone is 3. The van der Waals surface area contributed by atoms with Crippen LogP contribution < -0.4 is 5.73 Å². The maximum Gasteiger partial charge on any atom is 0.460 e. The molecule has 46 heavy (non-hydrogen) atoms. The number of nitriles is 1. The summed E-state index contributed by atoms with van der Waals surface area (Å²) in [5, 5.41) is 16.0. The fraction of sp³-hybridized carbons (Fsp3) is 0.636. The molecule has 0 spiro atoms. The van der Waals surface area contributed by atoms with Crippen molar-refractivity contribution in [2.45, 2.75) is 85.8 Å². The first-order valence-electron chi connectivity index (χ1n) is 12.0. The normalized spacial score (nSPS) is 19.7. The molecule has 0 amide bonds. The van der Waals surface area contributed by atoms with Crippen LogP contribution in [0, 0.1) is 11.3 Å². The molecule has 0 saturated heterocycles. The number of aromatic nitrogens is 3. The van der Waals surface area contributed by atoms with Gasteiger partial charge in [-0.15, -0.1) is 5.10 Å². The van der Waals surface area contributed by atoms with Crippen molar-refractivity contribution >= 4 is 5.78 Å². The molecule has 0 bridgehead atoms. The molecule has 1 atom stereocenters. The number of nitrogens with two attached hydrogens (primary N) is 1. The molecule has 2 aliphatic rings. The molecule has 2 N–H and O–H groups in total. The van der Waals surface area contributed by atoms with Gasteiger partial charge in [0.05, 0.1) is 11.6 Å². The molecular weight excluding hydrogens is 689 g/mol. The van der Waals surface area contributed by atoms with Crippen molar-refractivity contribution in [2.24, 2.45) is 5.73 Å². The van der Waals surface area contributed by atoms with Crippen LogP contribution in [0.25, 0.3) is 0 Å². The summed E-state index contributed by atoms with van der Waals surface area (Å²) in [6.07, 6.45) is -9.75. The number of ketones is 1. The van der Waals surface area contributed by atoms with Gasteiger partial charge in [-0.2, -0.15) is 79.9 Å². The van der Waals surface area contributed by atoms with Gasteiger partial charge in [0.15, 0.2) is 5.78 Å². The van der Waals surface area contributed by atoms with Gasteiger partial charge >= 0.3 is 47.6 Å². The van der Waals surface area contributed by atoms with Gasteiger partial charge in [-0.05, 0) is 6.42 Å². The van der Waals surface area contributed by atoms with E-state index in [9.17, 15) is 84.7 Å². The molecule has 1 aliphatic heterocycles. The number of carbonyl (C=O) groups is 1. The van der Waals surface area contributed by atoms with Crippen molar-refractivity contribution in [3.8, 4) is 6.07 Å². The van der Waals surface area contributed by atoms with Crippen molar-refractivity contribution in [1.29, 1.82) is 5.26 Å². The van der Waals surface area contributed by atoms with Gasteiger partial charge in [-0.25, -0.2) is 0 Å². The molecule has 3 rings (SSSR count). The topological polar surface area (TPSA) is 107 Å². The van der Waals surface area contributed by atoms with E-state index in [-0.39, 0.29) is 35.3 Å². The van der Waals surface area contributed by atoms with Crippen LogP contribution in [0.1, 0.15) is 37.3 Å². The number of aryl methyl sites for hydroxylation is 1. The third-order valence-electron chi connectivity index (χ3n) is 6.90. The van der Waals surface area contributed by atoms with E-state index in [1.54, 1.807) is 6.07 Å². The minimum Gasteiger partial charge on any atom is -0.444 e. The van der Waals surface area contributed by atoms with Crippen LogP contribution in [0.2, 0.25) is 0 Å². The number of carbonyl (C=O) groups excluding carboxylic acids is 1. The second kappa shape index (κ2) is 10.9. The molecule has 24 heteroatoms. The Morgan fingerprint density at radius 1 is 0.826 bits per heavy atom. The van der Waals surface area contributed by atoms with Crippen molar-refractivity contribution in [3.05, 3.63) is 34.7 Å². The van der Waals surface area contributed by atoms with Crippen LogP contribution in [0.15, 0.2) is 29.0 Å². The number of hydrogen-bond acceptors (Lipinski definition) is 6. The van der Waals surface area contributed by atoms with Gasteiger partial charge in [0, 0.05) is 37.6 Å². The highest BCUT2D eigenvalue weighted by atomic mass is 19.4. The molecule has 0 aromatic carbocycles. The number of ether oxygens (including phenoxy) is 1. The molecule has 258 valence electrons. The molecule has 1 unspecified atom stereocenters. The maximum atomic E-state index is 14.3. The molecule has 1 aromatic rings. The zero-order valence-corrected chi connectivity index (χ0v) is 21.8. The quantitative estimate of drug-likeness (QED) is 0.280. The average molecular weight is 703 g/mol. The summed E-state index contributed by atoms with van der Waals surface area (Å²) >= 11 is 0.